The fourth-order valence-corrected chi connectivity index (χ4v) is 2.44. The monoisotopic (exact) mass is 252 g/mol. The van der Waals surface area contributed by atoms with Crippen molar-refractivity contribution in [2.45, 2.75) is 19.4 Å². The Morgan fingerprint density at radius 2 is 2.06 bits per heavy atom. The molecule has 4 heteroatoms. The second-order valence-electron chi connectivity index (χ2n) is 3.72. The molecule has 1 aromatic heterocycles. The second kappa shape index (κ2) is 4.95. The van der Waals surface area contributed by atoms with E-state index in [-0.39, 0.29) is 6.04 Å². The van der Waals surface area contributed by atoms with E-state index in [0.29, 0.717) is 0 Å². The summed E-state index contributed by atoms with van der Waals surface area (Å²) in [7, 11) is 0. The molecular formula is C12H13ClN2S. The standard InChI is InChI=1S/C12H13ClN2S/c1-8-15-7-12(16-8)11(14)6-9-2-4-10(13)5-3-9/h2-5,7,11H,6,14H2,1H3. The minimum atomic E-state index is 0.0207. The lowest BCUT2D eigenvalue weighted by molar-refractivity contribution is 0.734. The van der Waals surface area contributed by atoms with E-state index >= 15 is 0 Å². The van der Waals surface area contributed by atoms with Crippen LogP contribution < -0.4 is 5.73 Å². The SMILES string of the molecule is Cc1ncc(C(N)Cc2ccc(Cl)cc2)s1. The summed E-state index contributed by atoms with van der Waals surface area (Å²) < 4.78 is 0. The van der Waals surface area contributed by atoms with Crippen molar-refractivity contribution in [1.82, 2.24) is 4.98 Å². The smallest absolute Gasteiger partial charge is 0.0897 e. The lowest BCUT2D eigenvalue weighted by Crippen LogP contribution is -2.11. The van der Waals surface area contributed by atoms with Crippen molar-refractivity contribution in [3.05, 3.63) is 50.9 Å². The topological polar surface area (TPSA) is 38.9 Å². The molecule has 0 saturated carbocycles. The Balaban J connectivity index is 2.07. The number of hydrogen-bond acceptors (Lipinski definition) is 3. The van der Waals surface area contributed by atoms with Crippen LogP contribution in [0.5, 0.6) is 0 Å². The van der Waals surface area contributed by atoms with Gasteiger partial charge in [-0.05, 0) is 31.0 Å². The van der Waals surface area contributed by atoms with Crippen molar-refractivity contribution in [3.63, 3.8) is 0 Å². The molecule has 0 aliphatic carbocycles. The lowest BCUT2D eigenvalue weighted by atomic mass is 10.1. The number of nitrogens with two attached hydrogens (primary N) is 1. The number of benzene rings is 1. The molecular weight excluding hydrogens is 240 g/mol. The molecule has 2 N–H and O–H groups in total. The van der Waals surface area contributed by atoms with Crippen LogP contribution >= 0.6 is 22.9 Å². The highest BCUT2D eigenvalue weighted by atomic mass is 35.5. The van der Waals surface area contributed by atoms with Crippen LogP contribution in [0.25, 0.3) is 0 Å². The Labute approximate surface area is 104 Å². The number of nitrogens with zero attached hydrogens (tertiary/aromatic N) is 1. The van der Waals surface area contributed by atoms with Gasteiger partial charge in [0.1, 0.15) is 0 Å². The van der Waals surface area contributed by atoms with Crippen molar-refractivity contribution in [1.29, 1.82) is 0 Å². The molecule has 84 valence electrons. The maximum absolute atomic E-state index is 6.12. The van der Waals surface area contributed by atoms with E-state index in [1.807, 2.05) is 37.4 Å². The molecule has 1 aromatic carbocycles. The molecule has 0 fully saturated rings. The highest BCUT2D eigenvalue weighted by Crippen LogP contribution is 2.22. The molecule has 0 aliphatic heterocycles. The zero-order valence-corrected chi connectivity index (χ0v) is 10.6. The maximum Gasteiger partial charge on any atom is 0.0897 e. The van der Waals surface area contributed by atoms with E-state index < -0.39 is 0 Å². The largest absolute Gasteiger partial charge is 0.323 e. The Hall–Kier alpha value is -0.900. The summed E-state index contributed by atoms with van der Waals surface area (Å²) in [6.45, 7) is 1.99. The van der Waals surface area contributed by atoms with Crippen molar-refractivity contribution >= 4 is 22.9 Å². The Kier molecular flexibility index (Phi) is 3.59. The van der Waals surface area contributed by atoms with Crippen molar-refractivity contribution in [2.75, 3.05) is 0 Å². The normalized spacial score (nSPS) is 12.7. The van der Waals surface area contributed by atoms with Crippen LogP contribution in [0.4, 0.5) is 0 Å². The van der Waals surface area contributed by atoms with Gasteiger partial charge in [0, 0.05) is 22.1 Å². The molecule has 2 rings (SSSR count). The Bertz CT molecular complexity index is 464. The van der Waals surface area contributed by atoms with E-state index in [0.717, 1.165) is 21.3 Å². The van der Waals surface area contributed by atoms with E-state index in [2.05, 4.69) is 4.98 Å². The predicted molar refractivity (Wildman–Crippen MR) is 68.9 cm³/mol. The van der Waals surface area contributed by atoms with E-state index in [4.69, 9.17) is 17.3 Å². The average molecular weight is 253 g/mol. The summed E-state index contributed by atoms with van der Waals surface area (Å²) in [5, 5.41) is 1.81. The Morgan fingerprint density at radius 1 is 1.38 bits per heavy atom. The molecule has 1 heterocycles. The molecule has 1 unspecified atom stereocenters. The summed E-state index contributed by atoms with van der Waals surface area (Å²) in [5.74, 6) is 0. The van der Waals surface area contributed by atoms with Crippen LogP contribution in [0, 0.1) is 6.92 Å². The number of aryl methyl sites for hydroxylation is 1. The Morgan fingerprint density at radius 3 is 2.62 bits per heavy atom. The van der Waals surface area contributed by atoms with Crippen molar-refractivity contribution < 1.29 is 0 Å². The van der Waals surface area contributed by atoms with Gasteiger partial charge in [0.15, 0.2) is 0 Å². The van der Waals surface area contributed by atoms with Gasteiger partial charge in [-0.2, -0.15) is 0 Å². The van der Waals surface area contributed by atoms with Gasteiger partial charge in [-0.15, -0.1) is 11.3 Å². The first-order chi connectivity index (χ1) is 7.65. The van der Waals surface area contributed by atoms with Gasteiger partial charge in [-0.25, -0.2) is 4.98 Å². The van der Waals surface area contributed by atoms with Crippen LogP contribution in [0.3, 0.4) is 0 Å². The van der Waals surface area contributed by atoms with E-state index in [9.17, 15) is 0 Å². The van der Waals surface area contributed by atoms with Gasteiger partial charge < -0.3 is 5.73 Å². The molecule has 2 nitrogen and oxygen atoms in total. The first-order valence-corrected chi connectivity index (χ1v) is 6.27. The first kappa shape index (κ1) is 11.6. The van der Waals surface area contributed by atoms with Crippen LogP contribution in [0.2, 0.25) is 5.02 Å². The molecule has 16 heavy (non-hydrogen) atoms. The second-order valence-corrected chi connectivity index (χ2v) is 5.42. The summed E-state index contributed by atoms with van der Waals surface area (Å²) in [5.41, 5.74) is 7.31. The van der Waals surface area contributed by atoms with E-state index in [1.165, 1.54) is 5.56 Å². The minimum Gasteiger partial charge on any atom is -0.323 e. The third-order valence-electron chi connectivity index (χ3n) is 2.37. The average Bonchev–Trinajstić information content (AvgIpc) is 2.68. The zero-order valence-electron chi connectivity index (χ0n) is 8.98. The van der Waals surface area contributed by atoms with Crippen LogP contribution in [0.1, 0.15) is 21.5 Å². The molecule has 0 radical (unpaired) electrons. The van der Waals surface area contributed by atoms with Crippen molar-refractivity contribution in [3.8, 4) is 0 Å². The molecule has 0 bridgehead atoms. The number of aromatic nitrogens is 1. The number of halogens is 1. The molecule has 0 spiro atoms. The molecule has 2 aromatic rings. The zero-order chi connectivity index (χ0) is 11.5. The summed E-state index contributed by atoms with van der Waals surface area (Å²) in [6.07, 6.45) is 2.68. The molecule has 0 saturated heterocycles. The molecule has 0 amide bonds. The van der Waals surface area contributed by atoms with Crippen LogP contribution in [-0.4, -0.2) is 4.98 Å². The molecule has 1 atom stereocenters. The fourth-order valence-electron chi connectivity index (χ4n) is 1.52. The number of rotatable bonds is 3. The van der Waals surface area contributed by atoms with Gasteiger partial charge in [0.2, 0.25) is 0 Å². The number of hydrogen-bond donors (Lipinski definition) is 1. The third-order valence-corrected chi connectivity index (χ3v) is 3.67. The van der Waals surface area contributed by atoms with Crippen molar-refractivity contribution in [2.24, 2.45) is 5.73 Å². The fraction of sp³-hybridized carbons (Fsp3) is 0.250. The quantitative estimate of drug-likeness (QED) is 0.910. The first-order valence-electron chi connectivity index (χ1n) is 5.07. The molecule has 0 aliphatic rings. The maximum atomic E-state index is 6.12. The van der Waals surface area contributed by atoms with Gasteiger partial charge in [0.05, 0.1) is 5.01 Å². The predicted octanol–water partition coefficient (Wildman–Crippen LogP) is 3.35. The van der Waals surface area contributed by atoms with E-state index in [1.54, 1.807) is 11.3 Å². The summed E-state index contributed by atoms with van der Waals surface area (Å²) >= 11 is 7.49. The summed E-state index contributed by atoms with van der Waals surface area (Å²) in [6, 6.07) is 7.82. The van der Waals surface area contributed by atoms with Gasteiger partial charge in [0.25, 0.3) is 0 Å². The van der Waals surface area contributed by atoms with Gasteiger partial charge >= 0.3 is 0 Å². The lowest BCUT2D eigenvalue weighted by Gasteiger charge is -2.08. The third kappa shape index (κ3) is 2.82. The van der Waals surface area contributed by atoms with Crippen LogP contribution in [-0.2, 0) is 6.42 Å². The highest BCUT2D eigenvalue weighted by Gasteiger charge is 2.09. The highest BCUT2D eigenvalue weighted by molar-refractivity contribution is 7.11. The van der Waals surface area contributed by atoms with Gasteiger partial charge in [-0.1, -0.05) is 23.7 Å². The van der Waals surface area contributed by atoms with Gasteiger partial charge in [-0.3, -0.25) is 0 Å². The van der Waals surface area contributed by atoms with Crippen LogP contribution in [0.15, 0.2) is 30.5 Å². The minimum absolute atomic E-state index is 0.0207. The number of thiazole rings is 1. The summed E-state index contributed by atoms with van der Waals surface area (Å²) in [4.78, 5) is 5.34.